The lowest BCUT2D eigenvalue weighted by atomic mass is 10.2. The summed E-state index contributed by atoms with van der Waals surface area (Å²) in [6.45, 7) is 0. The minimum Gasteiger partial charge on any atom is -0.319 e. The van der Waals surface area contributed by atoms with E-state index in [9.17, 15) is 9.18 Å². The Bertz CT molecular complexity index is 1230. The van der Waals surface area contributed by atoms with Crippen molar-refractivity contribution in [2.45, 2.75) is 0 Å². The first-order chi connectivity index (χ1) is 14.4. The van der Waals surface area contributed by atoms with Gasteiger partial charge in [0.05, 0.1) is 15.7 Å². The van der Waals surface area contributed by atoms with E-state index in [0.29, 0.717) is 27.2 Å². The topological polar surface area (TPSA) is 59.8 Å². The number of nitrogens with zero attached hydrogens (tertiary/aromatic N) is 3. The second-order valence-electron chi connectivity index (χ2n) is 6.24. The molecular weight excluding hydrogens is 494 g/mol. The Balaban J connectivity index is 1.76. The van der Waals surface area contributed by atoms with Crippen LogP contribution in [0.25, 0.3) is 17.1 Å². The van der Waals surface area contributed by atoms with Gasteiger partial charge in [-0.3, -0.25) is 4.79 Å². The summed E-state index contributed by atoms with van der Waals surface area (Å²) in [5, 5.41) is 7.78. The van der Waals surface area contributed by atoms with E-state index in [4.69, 9.17) is 23.2 Å². The number of hydrogen-bond acceptors (Lipinski definition) is 3. The zero-order valence-corrected chi connectivity index (χ0v) is 18.2. The van der Waals surface area contributed by atoms with Gasteiger partial charge in [-0.1, -0.05) is 51.3 Å². The molecule has 30 heavy (non-hydrogen) atoms. The van der Waals surface area contributed by atoms with Crippen molar-refractivity contribution in [3.8, 4) is 17.1 Å². The molecule has 0 unspecified atom stereocenters. The minimum absolute atomic E-state index is 0.0525. The fourth-order valence-electron chi connectivity index (χ4n) is 2.71. The molecule has 0 spiro atoms. The average Bonchev–Trinajstić information content (AvgIpc) is 3.18. The van der Waals surface area contributed by atoms with Crippen LogP contribution in [0.5, 0.6) is 0 Å². The summed E-state index contributed by atoms with van der Waals surface area (Å²) in [7, 11) is 0. The number of amides is 1. The van der Waals surface area contributed by atoms with Crippen LogP contribution in [0.4, 0.5) is 10.1 Å². The zero-order chi connectivity index (χ0) is 21.3. The maximum atomic E-state index is 13.1. The average molecular weight is 506 g/mol. The second kappa shape index (κ2) is 8.55. The van der Waals surface area contributed by atoms with Crippen molar-refractivity contribution in [1.29, 1.82) is 0 Å². The van der Waals surface area contributed by atoms with Gasteiger partial charge in [-0.2, -0.15) is 0 Å². The number of anilines is 1. The number of hydrogen-bond donors (Lipinski definition) is 1. The molecule has 5 nitrogen and oxygen atoms in total. The van der Waals surface area contributed by atoms with E-state index in [1.54, 1.807) is 18.2 Å². The second-order valence-corrected chi connectivity index (χ2v) is 7.97. The number of rotatable bonds is 4. The van der Waals surface area contributed by atoms with E-state index in [1.165, 1.54) is 28.9 Å². The Morgan fingerprint density at radius 2 is 1.67 bits per heavy atom. The van der Waals surface area contributed by atoms with Gasteiger partial charge in [-0.05, 0) is 54.6 Å². The summed E-state index contributed by atoms with van der Waals surface area (Å²) < 4.78 is 15.5. The summed E-state index contributed by atoms with van der Waals surface area (Å²) in [4.78, 5) is 17.1. The molecule has 1 heterocycles. The highest BCUT2D eigenvalue weighted by atomic mass is 79.9. The van der Waals surface area contributed by atoms with E-state index < -0.39 is 11.7 Å². The van der Waals surface area contributed by atoms with Crippen molar-refractivity contribution in [1.82, 2.24) is 14.8 Å². The number of carbonyl (C=O) groups excluding carboxylic acids is 1. The third-order valence-electron chi connectivity index (χ3n) is 4.16. The highest BCUT2D eigenvalue weighted by Gasteiger charge is 2.19. The van der Waals surface area contributed by atoms with Gasteiger partial charge < -0.3 is 5.32 Å². The molecule has 3 aromatic carbocycles. The highest BCUT2D eigenvalue weighted by molar-refractivity contribution is 9.10. The third-order valence-corrected chi connectivity index (χ3v) is 5.43. The van der Waals surface area contributed by atoms with E-state index in [2.05, 4.69) is 31.3 Å². The molecule has 9 heteroatoms. The van der Waals surface area contributed by atoms with Gasteiger partial charge in [0.1, 0.15) is 5.82 Å². The molecule has 0 fully saturated rings. The van der Waals surface area contributed by atoms with Gasteiger partial charge in [-0.25, -0.2) is 14.1 Å². The molecule has 0 saturated heterocycles. The Hall–Kier alpha value is -2.74. The fourth-order valence-corrected chi connectivity index (χ4v) is 3.27. The van der Waals surface area contributed by atoms with Crippen LogP contribution >= 0.6 is 39.1 Å². The molecule has 4 aromatic rings. The van der Waals surface area contributed by atoms with Crippen LogP contribution in [0.15, 0.2) is 71.2 Å². The highest BCUT2D eigenvalue weighted by Crippen LogP contribution is 2.28. The molecule has 0 bridgehead atoms. The maximum absolute atomic E-state index is 13.1. The maximum Gasteiger partial charge on any atom is 0.295 e. The van der Waals surface area contributed by atoms with E-state index in [1.807, 2.05) is 24.3 Å². The predicted octanol–water partition coefficient (Wildman–Crippen LogP) is 6.40. The van der Waals surface area contributed by atoms with Crippen molar-refractivity contribution in [3.63, 3.8) is 0 Å². The largest absolute Gasteiger partial charge is 0.319 e. The van der Waals surface area contributed by atoms with Gasteiger partial charge in [0.25, 0.3) is 5.91 Å². The van der Waals surface area contributed by atoms with Crippen LogP contribution in [0.3, 0.4) is 0 Å². The van der Waals surface area contributed by atoms with Crippen molar-refractivity contribution < 1.29 is 9.18 Å². The molecule has 1 N–H and O–H groups in total. The van der Waals surface area contributed by atoms with E-state index in [0.717, 1.165) is 10.0 Å². The molecule has 150 valence electrons. The Kier molecular flexibility index (Phi) is 5.85. The summed E-state index contributed by atoms with van der Waals surface area (Å²) in [6, 6.07) is 17.9. The molecule has 0 aliphatic heterocycles. The monoisotopic (exact) mass is 504 g/mol. The molecule has 4 rings (SSSR count). The standard InChI is InChI=1S/C21H12BrCl2FN4O/c22-13-3-1-12(2-4-13)20-27-19(21(30)26-15-7-5-14(25)6-8-15)28-29(20)16-9-10-17(23)18(24)11-16/h1-11H,(H,26,30). The summed E-state index contributed by atoms with van der Waals surface area (Å²) >= 11 is 15.6. The molecular formula is C21H12BrCl2FN4O. The van der Waals surface area contributed by atoms with Gasteiger partial charge in [0.15, 0.2) is 5.82 Å². The Morgan fingerprint density at radius 1 is 0.967 bits per heavy atom. The number of carbonyl (C=O) groups is 1. The molecule has 0 aliphatic rings. The van der Waals surface area contributed by atoms with Crippen LogP contribution in [-0.4, -0.2) is 20.7 Å². The first-order valence-corrected chi connectivity index (χ1v) is 10.2. The normalized spacial score (nSPS) is 10.8. The third kappa shape index (κ3) is 4.38. The SMILES string of the molecule is O=C(Nc1ccc(F)cc1)c1nc(-c2ccc(Br)cc2)n(-c2ccc(Cl)c(Cl)c2)n1. The number of aromatic nitrogens is 3. The first-order valence-electron chi connectivity index (χ1n) is 8.66. The molecule has 0 saturated carbocycles. The smallest absolute Gasteiger partial charge is 0.295 e. The first kappa shape index (κ1) is 20.5. The lowest BCUT2D eigenvalue weighted by Gasteiger charge is -2.07. The summed E-state index contributed by atoms with van der Waals surface area (Å²) in [5.41, 5.74) is 1.77. The van der Waals surface area contributed by atoms with Crippen molar-refractivity contribution in [3.05, 3.63) is 92.9 Å². The molecule has 0 radical (unpaired) electrons. The fraction of sp³-hybridized carbons (Fsp3) is 0. The molecule has 1 amide bonds. The van der Waals surface area contributed by atoms with Crippen LogP contribution < -0.4 is 5.32 Å². The molecule has 0 atom stereocenters. The quantitative estimate of drug-likeness (QED) is 0.349. The van der Waals surface area contributed by atoms with Crippen molar-refractivity contribution in [2.24, 2.45) is 0 Å². The van der Waals surface area contributed by atoms with Gasteiger partial charge in [0, 0.05) is 15.7 Å². The van der Waals surface area contributed by atoms with E-state index >= 15 is 0 Å². The van der Waals surface area contributed by atoms with Crippen LogP contribution in [0, 0.1) is 5.82 Å². The number of benzene rings is 3. The zero-order valence-electron chi connectivity index (χ0n) is 15.1. The predicted molar refractivity (Wildman–Crippen MR) is 119 cm³/mol. The molecule has 1 aromatic heterocycles. The molecule has 0 aliphatic carbocycles. The van der Waals surface area contributed by atoms with Crippen LogP contribution in [0.2, 0.25) is 10.0 Å². The minimum atomic E-state index is -0.529. The van der Waals surface area contributed by atoms with Crippen LogP contribution in [-0.2, 0) is 0 Å². The van der Waals surface area contributed by atoms with Crippen LogP contribution in [0.1, 0.15) is 10.6 Å². The number of halogens is 4. The van der Waals surface area contributed by atoms with Gasteiger partial charge in [-0.15, -0.1) is 5.10 Å². The van der Waals surface area contributed by atoms with Gasteiger partial charge >= 0.3 is 0 Å². The number of nitrogens with one attached hydrogen (secondary N) is 1. The summed E-state index contributed by atoms with van der Waals surface area (Å²) in [6.07, 6.45) is 0. The summed E-state index contributed by atoms with van der Waals surface area (Å²) in [5.74, 6) is -0.528. The lowest BCUT2D eigenvalue weighted by molar-refractivity contribution is 0.101. The van der Waals surface area contributed by atoms with E-state index in [-0.39, 0.29) is 5.82 Å². The Labute approximate surface area is 189 Å². The Morgan fingerprint density at radius 3 is 2.33 bits per heavy atom. The van der Waals surface area contributed by atoms with Crippen molar-refractivity contribution >= 4 is 50.7 Å². The van der Waals surface area contributed by atoms with Gasteiger partial charge in [0.2, 0.25) is 5.82 Å². The van der Waals surface area contributed by atoms with Crippen molar-refractivity contribution in [2.75, 3.05) is 5.32 Å². The lowest BCUT2D eigenvalue weighted by Crippen LogP contribution is -2.14.